The lowest BCUT2D eigenvalue weighted by Crippen LogP contribution is -2.28. The average molecular weight is 144 g/mol. The van der Waals surface area contributed by atoms with E-state index >= 15 is 0 Å². The summed E-state index contributed by atoms with van der Waals surface area (Å²) in [7, 11) is 0. The van der Waals surface area contributed by atoms with Gasteiger partial charge in [-0.3, -0.25) is 0 Å². The zero-order chi connectivity index (χ0) is 7.14. The van der Waals surface area contributed by atoms with Crippen molar-refractivity contribution in [2.24, 2.45) is 5.92 Å². The SMILES string of the molecule is C[C@H]1COC2C1OC[C@H]2O. The van der Waals surface area contributed by atoms with E-state index in [0.29, 0.717) is 12.5 Å². The maximum absolute atomic E-state index is 9.27. The quantitative estimate of drug-likeness (QED) is 0.511. The Labute approximate surface area is 59.9 Å². The van der Waals surface area contributed by atoms with Crippen LogP contribution in [0, 0.1) is 5.92 Å². The minimum Gasteiger partial charge on any atom is -0.388 e. The smallest absolute Gasteiger partial charge is 0.112 e. The fourth-order valence-corrected chi connectivity index (χ4v) is 1.67. The molecule has 4 atom stereocenters. The van der Waals surface area contributed by atoms with Crippen molar-refractivity contribution in [3.05, 3.63) is 0 Å². The summed E-state index contributed by atoms with van der Waals surface area (Å²) in [5.41, 5.74) is 0. The molecule has 0 spiro atoms. The van der Waals surface area contributed by atoms with Crippen molar-refractivity contribution in [2.75, 3.05) is 13.2 Å². The van der Waals surface area contributed by atoms with Gasteiger partial charge in [-0.15, -0.1) is 0 Å². The highest BCUT2D eigenvalue weighted by molar-refractivity contribution is 4.92. The summed E-state index contributed by atoms with van der Waals surface area (Å²) in [4.78, 5) is 0. The van der Waals surface area contributed by atoms with E-state index in [2.05, 4.69) is 6.92 Å². The second kappa shape index (κ2) is 2.19. The van der Waals surface area contributed by atoms with E-state index in [0.717, 1.165) is 6.61 Å². The van der Waals surface area contributed by atoms with Crippen molar-refractivity contribution in [2.45, 2.75) is 25.2 Å². The fraction of sp³-hybridized carbons (Fsp3) is 1.00. The molecule has 58 valence electrons. The van der Waals surface area contributed by atoms with Crippen LogP contribution >= 0.6 is 0 Å². The van der Waals surface area contributed by atoms with Crippen LogP contribution in [0.2, 0.25) is 0 Å². The minimum atomic E-state index is -0.394. The molecule has 10 heavy (non-hydrogen) atoms. The standard InChI is InChI=1S/C7H12O3/c1-4-2-9-7-5(8)3-10-6(4)7/h4-8H,2-3H2,1H3/t4-,5+,6?,7?/m0/s1. The first-order chi connectivity index (χ1) is 4.79. The van der Waals surface area contributed by atoms with Crippen LogP contribution in [0.4, 0.5) is 0 Å². The van der Waals surface area contributed by atoms with Crippen molar-refractivity contribution in [3.8, 4) is 0 Å². The third-order valence-corrected chi connectivity index (χ3v) is 2.27. The number of hydrogen-bond acceptors (Lipinski definition) is 3. The van der Waals surface area contributed by atoms with Crippen LogP contribution in [0.3, 0.4) is 0 Å². The monoisotopic (exact) mass is 144 g/mol. The summed E-state index contributed by atoms with van der Waals surface area (Å²) in [5.74, 6) is 0.446. The molecule has 0 amide bonds. The zero-order valence-electron chi connectivity index (χ0n) is 5.99. The second-order valence-corrected chi connectivity index (χ2v) is 3.14. The fourth-order valence-electron chi connectivity index (χ4n) is 1.67. The van der Waals surface area contributed by atoms with Gasteiger partial charge in [-0.05, 0) is 0 Å². The van der Waals surface area contributed by atoms with E-state index in [9.17, 15) is 5.11 Å². The molecule has 2 heterocycles. The van der Waals surface area contributed by atoms with Gasteiger partial charge < -0.3 is 14.6 Å². The normalized spacial score (nSPS) is 53.4. The van der Waals surface area contributed by atoms with E-state index in [4.69, 9.17) is 9.47 Å². The molecule has 0 aromatic carbocycles. The molecule has 2 aliphatic rings. The van der Waals surface area contributed by atoms with Gasteiger partial charge in [-0.25, -0.2) is 0 Å². The maximum Gasteiger partial charge on any atom is 0.112 e. The Morgan fingerprint density at radius 2 is 1.90 bits per heavy atom. The van der Waals surface area contributed by atoms with Gasteiger partial charge in [0, 0.05) is 5.92 Å². The van der Waals surface area contributed by atoms with Crippen LogP contribution in [0.1, 0.15) is 6.92 Å². The first-order valence-electron chi connectivity index (χ1n) is 3.70. The van der Waals surface area contributed by atoms with Crippen molar-refractivity contribution in [3.63, 3.8) is 0 Å². The third-order valence-electron chi connectivity index (χ3n) is 2.27. The summed E-state index contributed by atoms with van der Waals surface area (Å²) in [6.45, 7) is 3.26. The number of fused-ring (bicyclic) bond motifs is 1. The van der Waals surface area contributed by atoms with Crippen LogP contribution in [-0.4, -0.2) is 36.6 Å². The van der Waals surface area contributed by atoms with E-state index in [-0.39, 0.29) is 12.2 Å². The Balaban J connectivity index is 2.09. The highest BCUT2D eigenvalue weighted by atomic mass is 16.6. The van der Waals surface area contributed by atoms with Gasteiger partial charge in [-0.1, -0.05) is 6.92 Å². The Kier molecular flexibility index (Phi) is 1.44. The van der Waals surface area contributed by atoms with Crippen molar-refractivity contribution in [1.82, 2.24) is 0 Å². The lowest BCUT2D eigenvalue weighted by atomic mass is 10.0. The van der Waals surface area contributed by atoms with Gasteiger partial charge in [0.1, 0.15) is 12.2 Å². The van der Waals surface area contributed by atoms with Crippen LogP contribution in [0.25, 0.3) is 0 Å². The Bertz CT molecular complexity index is 121. The average Bonchev–Trinajstić information content (AvgIpc) is 2.41. The van der Waals surface area contributed by atoms with Gasteiger partial charge >= 0.3 is 0 Å². The third kappa shape index (κ3) is 0.779. The summed E-state index contributed by atoms with van der Waals surface area (Å²) >= 11 is 0. The number of aliphatic hydroxyl groups is 1. The summed E-state index contributed by atoms with van der Waals surface area (Å²) in [6, 6.07) is 0. The summed E-state index contributed by atoms with van der Waals surface area (Å²) < 4.78 is 10.7. The molecule has 3 heteroatoms. The van der Waals surface area contributed by atoms with Gasteiger partial charge in [0.25, 0.3) is 0 Å². The molecule has 3 nitrogen and oxygen atoms in total. The van der Waals surface area contributed by atoms with Crippen molar-refractivity contribution in [1.29, 1.82) is 0 Å². The molecular formula is C7H12O3. The van der Waals surface area contributed by atoms with Crippen LogP contribution in [0.15, 0.2) is 0 Å². The van der Waals surface area contributed by atoms with Gasteiger partial charge in [0.2, 0.25) is 0 Å². The van der Waals surface area contributed by atoms with Crippen LogP contribution < -0.4 is 0 Å². The predicted molar refractivity (Wildman–Crippen MR) is 34.7 cm³/mol. The summed E-state index contributed by atoms with van der Waals surface area (Å²) in [5, 5.41) is 9.27. The van der Waals surface area contributed by atoms with Crippen molar-refractivity contribution < 1.29 is 14.6 Å². The maximum atomic E-state index is 9.27. The van der Waals surface area contributed by atoms with E-state index in [1.54, 1.807) is 0 Å². The number of ether oxygens (including phenoxy) is 2. The molecular weight excluding hydrogens is 132 g/mol. The molecule has 0 radical (unpaired) electrons. The first kappa shape index (κ1) is 6.58. The first-order valence-corrected chi connectivity index (χ1v) is 3.70. The number of hydrogen-bond donors (Lipinski definition) is 1. The predicted octanol–water partition coefficient (Wildman–Crippen LogP) is -0.219. The highest BCUT2D eigenvalue weighted by Gasteiger charge is 2.44. The number of aliphatic hydroxyl groups excluding tert-OH is 1. The Hall–Kier alpha value is -0.120. The molecule has 0 aromatic rings. The topological polar surface area (TPSA) is 38.7 Å². The van der Waals surface area contributed by atoms with Crippen LogP contribution in [0.5, 0.6) is 0 Å². The Morgan fingerprint density at radius 1 is 1.20 bits per heavy atom. The molecule has 2 saturated heterocycles. The van der Waals surface area contributed by atoms with Gasteiger partial charge in [0.05, 0.1) is 19.3 Å². The molecule has 0 aromatic heterocycles. The van der Waals surface area contributed by atoms with Crippen LogP contribution in [-0.2, 0) is 9.47 Å². The van der Waals surface area contributed by atoms with E-state index in [1.165, 1.54) is 0 Å². The molecule has 0 aliphatic carbocycles. The molecule has 2 aliphatic heterocycles. The molecule has 1 N–H and O–H groups in total. The molecule has 2 rings (SSSR count). The zero-order valence-corrected chi connectivity index (χ0v) is 5.99. The van der Waals surface area contributed by atoms with Crippen molar-refractivity contribution >= 4 is 0 Å². The number of rotatable bonds is 0. The highest BCUT2D eigenvalue weighted by Crippen LogP contribution is 2.30. The molecule has 0 bridgehead atoms. The van der Waals surface area contributed by atoms with Gasteiger partial charge in [0.15, 0.2) is 0 Å². The molecule has 0 saturated carbocycles. The second-order valence-electron chi connectivity index (χ2n) is 3.14. The van der Waals surface area contributed by atoms with E-state index in [1.807, 2.05) is 0 Å². The minimum absolute atomic E-state index is 0.0463. The van der Waals surface area contributed by atoms with Gasteiger partial charge in [-0.2, -0.15) is 0 Å². The molecule has 2 fully saturated rings. The summed E-state index contributed by atoms with van der Waals surface area (Å²) in [6.07, 6.45) is -0.292. The Morgan fingerprint density at radius 3 is 2.60 bits per heavy atom. The van der Waals surface area contributed by atoms with E-state index < -0.39 is 6.10 Å². The largest absolute Gasteiger partial charge is 0.388 e. The lowest BCUT2D eigenvalue weighted by Gasteiger charge is -2.10. The lowest BCUT2D eigenvalue weighted by molar-refractivity contribution is 0.0173. The molecule has 2 unspecified atom stereocenters.